The van der Waals surface area contributed by atoms with Crippen molar-refractivity contribution in [2.45, 2.75) is 52.4 Å². The Hall–Kier alpha value is -1.56. The van der Waals surface area contributed by atoms with Crippen LogP contribution in [0, 0.1) is 11.8 Å². The van der Waals surface area contributed by atoms with Crippen LogP contribution in [0.2, 0.25) is 0 Å². The quantitative estimate of drug-likeness (QED) is 0.549. The fraction of sp³-hybridized carbons (Fsp3) is 0.455. The van der Waals surface area contributed by atoms with Gasteiger partial charge in [-0.2, -0.15) is 0 Å². The minimum absolute atomic E-state index is 0.545. The highest BCUT2D eigenvalue weighted by atomic mass is 14.4. The zero-order valence-corrected chi connectivity index (χ0v) is 14.2. The van der Waals surface area contributed by atoms with Crippen molar-refractivity contribution >= 4 is 5.57 Å². The molecule has 0 nitrogen and oxygen atoms in total. The molecule has 0 fully saturated rings. The average Bonchev–Trinajstić information content (AvgIpc) is 2.47. The van der Waals surface area contributed by atoms with Gasteiger partial charge in [-0.1, -0.05) is 64.1 Å². The molecule has 4 rings (SSSR count). The zero-order valence-electron chi connectivity index (χ0n) is 14.2. The summed E-state index contributed by atoms with van der Waals surface area (Å²) in [6.45, 7) is 9.52. The first-order valence-corrected chi connectivity index (χ1v) is 8.83. The summed E-state index contributed by atoms with van der Waals surface area (Å²) in [6.07, 6.45) is 12.0. The monoisotopic (exact) mass is 290 g/mol. The summed E-state index contributed by atoms with van der Waals surface area (Å²) in [4.78, 5) is 0. The maximum absolute atomic E-state index is 2.52. The molecule has 0 spiro atoms. The molecule has 0 radical (unpaired) electrons. The Morgan fingerprint density at radius 3 is 2.64 bits per heavy atom. The van der Waals surface area contributed by atoms with Crippen LogP contribution in [-0.4, -0.2) is 0 Å². The van der Waals surface area contributed by atoms with Crippen molar-refractivity contribution < 1.29 is 0 Å². The first-order valence-electron chi connectivity index (χ1n) is 8.83. The Morgan fingerprint density at radius 1 is 1.00 bits per heavy atom. The van der Waals surface area contributed by atoms with Crippen LogP contribution in [0.15, 0.2) is 42.0 Å². The topological polar surface area (TPSA) is 0 Å². The lowest BCUT2D eigenvalue weighted by Crippen LogP contribution is -2.21. The van der Waals surface area contributed by atoms with Gasteiger partial charge in [0, 0.05) is 5.92 Å². The molecule has 0 heteroatoms. The third-order valence-corrected chi connectivity index (χ3v) is 5.87. The fourth-order valence-corrected chi connectivity index (χ4v) is 4.89. The van der Waals surface area contributed by atoms with Crippen LogP contribution >= 0.6 is 0 Å². The predicted octanol–water partition coefficient (Wildman–Crippen LogP) is 6.01. The number of benzene rings is 1. The third-order valence-electron chi connectivity index (χ3n) is 5.87. The minimum atomic E-state index is 0.545. The second-order valence-electron chi connectivity index (χ2n) is 7.71. The van der Waals surface area contributed by atoms with E-state index in [0.29, 0.717) is 17.8 Å². The summed E-state index contributed by atoms with van der Waals surface area (Å²) in [6, 6.07) is 4.83. The molecule has 4 atom stereocenters. The van der Waals surface area contributed by atoms with E-state index < -0.39 is 0 Å². The number of hydrogen-bond acceptors (Lipinski definition) is 0. The smallest absolute Gasteiger partial charge is 0.000481 e. The molecule has 22 heavy (non-hydrogen) atoms. The number of rotatable bonds is 0. The standard InChI is InChI=1S/C22H26/c1-13-10-15(3)17-8-9-19-18-7-5-6-14(2)20(18)12-16(4)22(19)21(17)11-13/h5-9,12-16H,10-11H2,1-4H3. The van der Waals surface area contributed by atoms with Crippen LogP contribution in [0.25, 0.3) is 5.57 Å². The van der Waals surface area contributed by atoms with Gasteiger partial charge < -0.3 is 0 Å². The van der Waals surface area contributed by atoms with Crippen molar-refractivity contribution in [1.29, 1.82) is 0 Å². The van der Waals surface area contributed by atoms with E-state index in [9.17, 15) is 0 Å². The lowest BCUT2D eigenvalue weighted by Gasteiger charge is -2.36. The Bertz CT molecular complexity index is 714. The molecule has 3 aliphatic rings. The summed E-state index contributed by atoms with van der Waals surface area (Å²) in [5.41, 5.74) is 9.39. The minimum Gasteiger partial charge on any atom is -0.0773 e. The van der Waals surface area contributed by atoms with E-state index in [-0.39, 0.29) is 0 Å². The second-order valence-corrected chi connectivity index (χ2v) is 7.71. The van der Waals surface area contributed by atoms with Crippen molar-refractivity contribution in [3.05, 3.63) is 64.3 Å². The van der Waals surface area contributed by atoms with Crippen LogP contribution in [0.5, 0.6) is 0 Å². The first kappa shape index (κ1) is 14.1. The molecule has 0 heterocycles. The van der Waals surface area contributed by atoms with Gasteiger partial charge in [-0.15, -0.1) is 0 Å². The van der Waals surface area contributed by atoms with Gasteiger partial charge in [0.1, 0.15) is 0 Å². The summed E-state index contributed by atoms with van der Waals surface area (Å²) in [5, 5.41) is 0. The van der Waals surface area contributed by atoms with Gasteiger partial charge in [0.25, 0.3) is 0 Å². The van der Waals surface area contributed by atoms with Gasteiger partial charge in [-0.25, -0.2) is 0 Å². The van der Waals surface area contributed by atoms with Gasteiger partial charge in [-0.3, -0.25) is 0 Å². The average molecular weight is 290 g/mol. The van der Waals surface area contributed by atoms with E-state index in [1.54, 1.807) is 16.7 Å². The molecule has 0 saturated carbocycles. The fourth-order valence-electron chi connectivity index (χ4n) is 4.89. The highest BCUT2D eigenvalue weighted by Gasteiger charge is 2.31. The zero-order chi connectivity index (χ0) is 15.4. The lowest BCUT2D eigenvalue weighted by atomic mass is 9.69. The van der Waals surface area contributed by atoms with E-state index in [0.717, 1.165) is 5.92 Å². The van der Waals surface area contributed by atoms with Crippen LogP contribution in [-0.2, 0) is 6.42 Å². The van der Waals surface area contributed by atoms with Gasteiger partial charge in [0.05, 0.1) is 0 Å². The second kappa shape index (κ2) is 4.98. The molecule has 0 N–H and O–H groups in total. The molecule has 0 amide bonds. The molecule has 114 valence electrons. The number of fused-ring (bicyclic) bond motifs is 5. The molecular formula is C22H26. The summed E-state index contributed by atoms with van der Waals surface area (Å²) in [7, 11) is 0. The van der Waals surface area contributed by atoms with E-state index in [1.807, 2.05) is 0 Å². The van der Waals surface area contributed by atoms with Gasteiger partial charge >= 0.3 is 0 Å². The molecule has 0 aromatic heterocycles. The Kier molecular flexibility index (Phi) is 3.18. The number of allylic oxidation sites excluding steroid dienone is 6. The Labute approximate surface area is 134 Å². The normalized spacial score (nSPS) is 32.5. The van der Waals surface area contributed by atoms with Crippen molar-refractivity contribution in [3.63, 3.8) is 0 Å². The van der Waals surface area contributed by atoms with E-state index >= 15 is 0 Å². The summed E-state index contributed by atoms with van der Waals surface area (Å²) in [5.74, 6) is 2.61. The Morgan fingerprint density at radius 2 is 1.82 bits per heavy atom. The Balaban J connectivity index is 1.94. The van der Waals surface area contributed by atoms with Gasteiger partial charge in [0.2, 0.25) is 0 Å². The molecule has 0 aliphatic heterocycles. The number of hydrogen-bond donors (Lipinski definition) is 0. The SMILES string of the molecule is CC1Cc2c(ccc3c2C(C)C=C2C3=CC=CC2C)C(C)C1. The molecule has 1 aromatic rings. The molecular weight excluding hydrogens is 264 g/mol. The summed E-state index contributed by atoms with van der Waals surface area (Å²) < 4.78 is 0. The van der Waals surface area contributed by atoms with E-state index in [1.165, 1.54) is 29.6 Å². The van der Waals surface area contributed by atoms with E-state index in [2.05, 4.69) is 64.1 Å². The molecule has 3 aliphatic carbocycles. The van der Waals surface area contributed by atoms with Crippen LogP contribution < -0.4 is 0 Å². The predicted molar refractivity (Wildman–Crippen MR) is 95.1 cm³/mol. The van der Waals surface area contributed by atoms with Gasteiger partial charge in [0.15, 0.2) is 0 Å². The van der Waals surface area contributed by atoms with Crippen LogP contribution in [0.4, 0.5) is 0 Å². The molecule has 0 saturated heterocycles. The lowest BCUT2D eigenvalue weighted by molar-refractivity contribution is 0.447. The van der Waals surface area contributed by atoms with Crippen LogP contribution in [0.1, 0.15) is 68.2 Å². The van der Waals surface area contributed by atoms with E-state index in [4.69, 9.17) is 0 Å². The third kappa shape index (κ3) is 1.96. The molecule has 4 unspecified atom stereocenters. The maximum Gasteiger partial charge on any atom is 0.000481 e. The molecule has 1 aromatic carbocycles. The van der Waals surface area contributed by atoms with Crippen LogP contribution in [0.3, 0.4) is 0 Å². The molecule has 0 bridgehead atoms. The highest BCUT2D eigenvalue weighted by Crippen LogP contribution is 2.47. The van der Waals surface area contributed by atoms with Crippen molar-refractivity contribution in [1.82, 2.24) is 0 Å². The maximum atomic E-state index is 2.52. The van der Waals surface area contributed by atoms with Crippen molar-refractivity contribution in [3.8, 4) is 0 Å². The van der Waals surface area contributed by atoms with Crippen molar-refractivity contribution in [2.24, 2.45) is 11.8 Å². The van der Waals surface area contributed by atoms with Crippen molar-refractivity contribution in [2.75, 3.05) is 0 Å². The summed E-state index contributed by atoms with van der Waals surface area (Å²) >= 11 is 0. The first-order chi connectivity index (χ1) is 10.6. The largest absolute Gasteiger partial charge is 0.0773 e. The van der Waals surface area contributed by atoms with Gasteiger partial charge in [-0.05, 0) is 64.0 Å². The highest BCUT2D eigenvalue weighted by molar-refractivity contribution is 5.87.